The lowest BCUT2D eigenvalue weighted by Crippen LogP contribution is -2.53. The molecule has 1 atom stereocenters. The molecule has 0 radical (unpaired) electrons. The van der Waals surface area contributed by atoms with Crippen LogP contribution in [0.3, 0.4) is 0 Å². The maximum absolute atomic E-state index is 14.9. The first kappa shape index (κ1) is 21.8. The number of methoxy groups -OCH3 is 1. The van der Waals surface area contributed by atoms with Crippen molar-refractivity contribution in [2.45, 2.75) is 25.8 Å². The summed E-state index contributed by atoms with van der Waals surface area (Å²) < 4.78 is 26.2. The highest BCUT2D eigenvalue weighted by molar-refractivity contribution is 6.00. The van der Waals surface area contributed by atoms with Gasteiger partial charge >= 0.3 is 11.6 Å². The molecule has 1 saturated carbocycles. The van der Waals surface area contributed by atoms with Crippen LogP contribution in [0.4, 0.5) is 10.2 Å². The number of anilines is 1. The van der Waals surface area contributed by atoms with Gasteiger partial charge in [-0.3, -0.25) is 0 Å². The number of fused-ring (bicyclic) bond motifs is 2. The number of nitrogens with zero attached hydrogens (tertiary/aromatic N) is 3. The molecule has 0 spiro atoms. The highest BCUT2D eigenvalue weighted by Gasteiger charge is 2.38. The summed E-state index contributed by atoms with van der Waals surface area (Å²) in [7, 11) is 1.49. The Morgan fingerprint density at radius 2 is 2.06 bits per heavy atom. The molecule has 2 N–H and O–H groups in total. The van der Waals surface area contributed by atoms with Crippen molar-refractivity contribution in [3.8, 4) is 23.1 Å². The smallest absolute Gasteiger partial charge is 0.349 e. The Morgan fingerprint density at radius 1 is 1.23 bits per heavy atom. The van der Waals surface area contributed by atoms with Gasteiger partial charge in [0, 0.05) is 42.2 Å². The van der Waals surface area contributed by atoms with Crippen LogP contribution in [-0.4, -0.2) is 47.9 Å². The number of rotatable bonds is 4. The van der Waals surface area contributed by atoms with Crippen LogP contribution in [0.1, 0.15) is 18.4 Å². The third-order valence-corrected chi connectivity index (χ3v) is 7.02. The highest BCUT2D eigenvalue weighted by atomic mass is 19.1. The number of hydrogen-bond donors (Lipinski definition) is 2. The zero-order chi connectivity index (χ0) is 24.3. The molecule has 4 aromatic rings. The van der Waals surface area contributed by atoms with Crippen molar-refractivity contribution < 1.29 is 18.7 Å². The molecule has 3 heterocycles. The van der Waals surface area contributed by atoms with Crippen molar-refractivity contribution >= 4 is 27.5 Å². The van der Waals surface area contributed by atoms with E-state index in [4.69, 9.17) is 9.15 Å². The van der Waals surface area contributed by atoms with Gasteiger partial charge in [0.05, 0.1) is 12.6 Å². The van der Waals surface area contributed by atoms with Crippen LogP contribution >= 0.6 is 0 Å². The van der Waals surface area contributed by atoms with Gasteiger partial charge in [-0.2, -0.15) is 9.97 Å². The van der Waals surface area contributed by atoms with Crippen LogP contribution in [0.15, 0.2) is 39.5 Å². The zero-order valence-electron chi connectivity index (χ0n) is 19.5. The average molecular weight is 477 g/mol. The summed E-state index contributed by atoms with van der Waals surface area (Å²) in [5.74, 6) is 0.663. The van der Waals surface area contributed by atoms with Gasteiger partial charge in [0.15, 0.2) is 5.82 Å². The lowest BCUT2D eigenvalue weighted by molar-refractivity contribution is 0.378. The number of nitrogens with one attached hydrogen (secondary N) is 1. The molecule has 1 aliphatic carbocycles. The van der Waals surface area contributed by atoms with Gasteiger partial charge in [-0.1, -0.05) is 12.1 Å². The van der Waals surface area contributed by atoms with Gasteiger partial charge in [-0.25, -0.2) is 9.18 Å². The predicted molar refractivity (Wildman–Crippen MR) is 131 cm³/mol. The van der Waals surface area contributed by atoms with Crippen molar-refractivity contribution in [2.24, 2.45) is 5.92 Å². The minimum absolute atomic E-state index is 0.0608. The van der Waals surface area contributed by atoms with E-state index in [9.17, 15) is 14.3 Å². The first-order chi connectivity index (χ1) is 17.0. The maximum atomic E-state index is 14.9. The molecule has 35 heavy (non-hydrogen) atoms. The fourth-order valence-electron chi connectivity index (χ4n) is 5.21. The van der Waals surface area contributed by atoms with E-state index in [1.807, 2.05) is 0 Å². The number of piperazine rings is 1. The van der Waals surface area contributed by atoms with E-state index in [0.29, 0.717) is 34.7 Å². The van der Waals surface area contributed by atoms with Gasteiger partial charge in [0.25, 0.3) is 0 Å². The number of hydrogen-bond acceptors (Lipinski definition) is 8. The molecule has 2 fully saturated rings. The number of aromatic hydroxyl groups is 1. The summed E-state index contributed by atoms with van der Waals surface area (Å²) in [5.41, 5.74) is 0.597. The van der Waals surface area contributed by atoms with E-state index in [2.05, 4.69) is 20.2 Å². The van der Waals surface area contributed by atoms with E-state index < -0.39 is 11.4 Å². The molecular weight excluding hydrogens is 451 g/mol. The van der Waals surface area contributed by atoms with Crippen molar-refractivity contribution in [1.82, 2.24) is 15.3 Å². The Hall–Kier alpha value is -3.72. The number of halogens is 1. The Balaban J connectivity index is 1.63. The highest BCUT2D eigenvalue weighted by Crippen LogP contribution is 2.41. The van der Waals surface area contributed by atoms with Crippen molar-refractivity contribution in [1.29, 1.82) is 0 Å². The topological polar surface area (TPSA) is 101 Å². The minimum Gasteiger partial charge on any atom is -0.508 e. The summed E-state index contributed by atoms with van der Waals surface area (Å²) >= 11 is 0. The third kappa shape index (κ3) is 3.58. The quantitative estimate of drug-likeness (QED) is 0.459. The molecule has 180 valence electrons. The predicted octanol–water partition coefficient (Wildman–Crippen LogP) is 3.75. The van der Waals surface area contributed by atoms with Gasteiger partial charge in [-0.05, 0) is 49.3 Å². The van der Waals surface area contributed by atoms with Crippen molar-refractivity contribution in [2.75, 3.05) is 31.6 Å². The molecule has 1 unspecified atom stereocenters. The number of aryl methyl sites for hydroxylation is 1. The number of benzene rings is 2. The first-order valence-corrected chi connectivity index (χ1v) is 11.7. The molecule has 2 aromatic heterocycles. The van der Waals surface area contributed by atoms with E-state index in [-0.39, 0.29) is 39.9 Å². The summed E-state index contributed by atoms with van der Waals surface area (Å²) in [5, 5.41) is 14.8. The van der Waals surface area contributed by atoms with E-state index in [1.54, 1.807) is 19.1 Å². The number of phenols is 1. The van der Waals surface area contributed by atoms with Crippen LogP contribution in [-0.2, 0) is 0 Å². The number of ether oxygens (including phenoxy) is 1. The van der Waals surface area contributed by atoms with Crippen LogP contribution in [0.2, 0.25) is 0 Å². The van der Waals surface area contributed by atoms with Crippen LogP contribution in [0, 0.1) is 18.7 Å². The standard InChI is InChI=1S/C26H25FN4O4/c1-13-22-21(24(30-26(29-22)34-2)31-9-8-28-12-19(31)14-6-7-14)25(33)35-23(13)17-11-16(32)10-15-4-3-5-18(27)20(15)17/h3-5,10-11,14,19,28,32H,6-9,12H2,1-2H3. The minimum atomic E-state index is -0.612. The number of aromatic nitrogens is 2. The molecule has 2 aromatic carbocycles. The Bertz CT molecular complexity index is 1530. The SMILES string of the molecule is COc1nc(N2CCNCC2C2CC2)c2c(=O)oc(-c3cc(O)cc4cccc(F)c34)c(C)c2n1. The molecule has 2 aliphatic rings. The van der Waals surface area contributed by atoms with Crippen molar-refractivity contribution in [3.05, 3.63) is 52.1 Å². The van der Waals surface area contributed by atoms with Crippen LogP contribution in [0.25, 0.3) is 33.0 Å². The monoisotopic (exact) mass is 476 g/mol. The fourth-order valence-corrected chi connectivity index (χ4v) is 5.21. The molecular formula is C26H25FN4O4. The second kappa shape index (κ2) is 8.20. The van der Waals surface area contributed by atoms with Crippen molar-refractivity contribution in [3.63, 3.8) is 0 Å². The lowest BCUT2D eigenvalue weighted by Gasteiger charge is -2.37. The second-order valence-corrected chi connectivity index (χ2v) is 9.23. The maximum Gasteiger partial charge on any atom is 0.349 e. The fraction of sp³-hybridized carbons (Fsp3) is 0.346. The van der Waals surface area contributed by atoms with Gasteiger partial charge in [0.2, 0.25) is 0 Å². The van der Waals surface area contributed by atoms with E-state index >= 15 is 0 Å². The lowest BCUT2D eigenvalue weighted by atomic mass is 9.98. The first-order valence-electron chi connectivity index (χ1n) is 11.7. The zero-order valence-corrected chi connectivity index (χ0v) is 19.5. The summed E-state index contributed by atoms with van der Waals surface area (Å²) in [6, 6.07) is 7.84. The van der Waals surface area contributed by atoms with E-state index in [1.165, 1.54) is 25.3 Å². The Kier molecular flexibility index (Phi) is 5.10. The molecule has 1 saturated heterocycles. The molecule has 1 aliphatic heterocycles. The summed E-state index contributed by atoms with van der Waals surface area (Å²) in [6.45, 7) is 4.05. The normalized spacial score (nSPS) is 18.4. The Morgan fingerprint density at radius 3 is 2.83 bits per heavy atom. The van der Waals surface area contributed by atoms with Gasteiger partial charge < -0.3 is 24.5 Å². The molecule has 9 heteroatoms. The summed E-state index contributed by atoms with van der Waals surface area (Å²) in [4.78, 5) is 24.8. The molecule has 8 nitrogen and oxygen atoms in total. The van der Waals surface area contributed by atoms with Gasteiger partial charge in [0.1, 0.15) is 22.7 Å². The van der Waals surface area contributed by atoms with Crippen LogP contribution < -0.4 is 20.6 Å². The largest absolute Gasteiger partial charge is 0.508 e. The molecule has 0 bridgehead atoms. The second-order valence-electron chi connectivity index (χ2n) is 9.23. The summed E-state index contributed by atoms with van der Waals surface area (Å²) in [6.07, 6.45) is 2.30. The average Bonchev–Trinajstić information content (AvgIpc) is 3.70. The molecule has 6 rings (SSSR count). The van der Waals surface area contributed by atoms with E-state index in [0.717, 1.165) is 25.9 Å². The van der Waals surface area contributed by atoms with Crippen LogP contribution in [0.5, 0.6) is 11.8 Å². The third-order valence-electron chi connectivity index (χ3n) is 7.02. The molecule has 0 amide bonds. The number of phenolic OH excluding ortho intramolecular Hbond substituents is 1. The van der Waals surface area contributed by atoms with Gasteiger partial charge in [-0.15, -0.1) is 0 Å². The Labute approximate surface area is 200 Å².